The summed E-state index contributed by atoms with van der Waals surface area (Å²) in [5.41, 5.74) is 1.01. The average Bonchev–Trinajstić information content (AvgIpc) is 2.67. The van der Waals surface area contributed by atoms with E-state index < -0.39 is 4.92 Å². The molecule has 1 heterocycles. The largest absolute Gasteiger partial charge is 0.385 e. The van der Waals surface area contributed by atoms with E-state index in [0.29, 0.717) is 19.1 Å². The zero-order chi connectivity index (χ0) is 18.6. The minimum Gasteiger partial charge on any atom is -0.385 e. The lowest BCUT2D eigenvalue weighted by Gasteiger charge is -2.23. The van der Waals surface area contributed by atoms with E-state index in [1.165, 1.54) is 18.6 Å². The van der Waals surface area contributed by atoms with Crippen molar-refractivity contribution in [3.05, 3.63) is 39.9 Å². The first-order valence-electron chi connectivity index (χ1n) is 9.05. The second kappa shape index (κ2) is 13.7. The maximum atomic E-state index is 10.7. The van der Waals surface area contributed by atoms with Gasteiger partial charge in [-0.25, -0.2) is 4.99 Å². The molecular formula is C18H29IN4O4. The number of nitrogens with one attached hydrogen (secondary N) is 2. The Labute approximate surface area is 177 Å². The Bertz CT molecular complexity index is 577. The molecule has 1 aliphatic rings. The molecule has 27 heavy (non-hydrogen) atoms. The van der Waals surface area contributed by atoms with Crippen molar-refractivity contribution in [3.8, 4) is 0 Å². The molecule has 0 aromatic heterocycles. The Morgan fingerprint density at radius 1 is 1.33 bits per heavy atom. The Kier molecular flexibility index (Phi) is 11.9. The van der Waals surface area contributed by atoms with Crippen LogP contribution in [0.2, 0.25) is 0 Å². The topological polar surface area (TPSA) is 98.0 Å². The van der Waals surface area contributed by atoms with Crippen molar-refractivity contribution >= 4 is 35.6 Å². The van der Waals surface area contributed by atoms with Gasteiger partial charge in [-0.15, -0.1) is 24.0 Å². The number of aliphatic imine (C=N–C) groups is 1. The van der Waals surface area contributed by atoms with Gasteiger partial charge in [-0.1, -0.05) is 12.1 Å². The number of halogens is 1. The van der Waals surface area contributed by atoms with Crippen LogP contribution in [-0.4, -0.2) is 50.4 Å². The van der Waals surface area contributed by atoms with Crippen LogP contribution in [0, 0.1) is 10.1 Å². The van der Waals surface area contributed by atoms with Crippen molar-refractivity contribution in [2.75, 3.05) is 33.4 Å². The normalized spacial score (nSPS) is 17.1. The summed E-state index contributed by atoms with van der Waals surface area (Å²) in [5.74, 6) is 0.716. The maximum absolute atomic E-state index is 10.7. The van der Waals surface area contributed by atoms with E-state index in [-0.39, 0.29) is 35.8 Å². The van der Waals surface area contributed by atoms with E-state index >= 15 is 0 Å². The van der Waals surface area contributed by atoms with Crippen molar-refractivity contribution in [3.63, 3.8) is 0 Å². The number of nitro groups is 1. The Morgan fingerprint density at radius 2 is 2.11 bits per heavy atom. The molecule has 0 saturated carbocycles. The lowest BCUT2D eigenvalue weighted by Crippen LogP contribution is -2.43. The zero-order valence-electron chi connectivity index (χ0n) is 15.7. The summed E-state index contributed by atoms with van der Waals surface area (Å²) in [6.45, 7) is 3.43. The van der Waals surface area contributed by atoms with Gasteiger partial charge < -0.3 is 20.1 Å². The van der Waals surface area contributed by atoms with E-state index in [9.17, 15) is 10.1 Å². The fourth-order valence-corrected chi connectivity index (χ4v) is 2.67. The fraction of sp³-hybridized carbons (Fsp3) is 0.611. The average molecular weight is 492 g/mol. The molecule has 1 aromatic carbocycles. The van der Waals surface area contributed by atoms with Gasteiger partial charge in [0.05, 0.1) is 17.6 Å². The molecule has 2 N–H and O–H groups in total. The summed E-state index contributed by atoms with van der Waals surface area (Å²) < 4.78 is 10.8. The predicted octanol–water partition coefficient (Wildman–Crippen LogP) is 2.85. The van der Waals surface area contributed by atoms with E-state index in [1.54, 1.807) is 19.2 Å². The lowest BCUT2D eigenvalue weighted by atomic mass is 10.1. The number of methoxy groups -OCH3 is 1. The minimum absolute atomic E-state index is 0. The van der Waals surface area contributed by atoms with Crippen LogP contribution in [0.1, 0.15) is 31.2 Å². The number of hydrogen-bond acceptors (Lipinski definition) is 5. The third-order valence-electron chi connectivity index (χ3n) is 4.16. The molecule has 0 aliphatic carbocycles. The monoisotopic (exact) mass is 492 g/mol. The number of hydrogen-bond donors (Lipinski definition) is 2. The van der Waals surface area contributed by atoms with Crippen molar-refractivity contribution in [2.45, 2.75) is 38.3 Å². The van der Waals surface area contributed by atoms with Gasteiger partial charge in [0.1, 0.15) is 0 Å². The smallest absolute Gasteiger partial charge is 0.269 e. The van der Waals surface area contributed by atoms with Gasteiger partial charge in [-0.05, 0) is 31.2 Å². The number of rotatable bonds is 9. The Hall–Kier alpha value is -1.46. The molecule has 9 heteroatoms. The number of benzene rings is 1. The first kappa shape index (κ1) is 23.6. The highest BCUT2D eigenvalue weighted by molar-refractivity contribution is 14.0. The molecule has 2 rings (SSSR count). The molecule has 0 spiro atoms. The summed E-state index contributed by atoms with van der Waals surface area (Å²) in [6, 6.07) is 6.46. The molecule has 0 radical (unpaired) electrons. The van der Waals surface area contributed by atoms with Crippen LogP contribution in [0.5, 0.6) is 0 Å². The second-order valence-corrected chi connectivity index (χ2v) is 6.23. The molecule has 1 fully saturated rings. The van der Waals surface area contributed by atoms with Crippen molar-refractivity contribution in [1.82, 2.24) is 10.6 Å². The molecule has 152 valence electrons. The summed E-state index contributed by atoms with van der Waals surface area (Å²) in [6.07, 6.45) is 4.49. The lowest BCUT2D eigenvalue weighted by molar-refractivity contribution is -0.384. The zero-order valence-corrected chi connectivity index (χ0v) is 18.0. The van der Waals surface area contributed by atoms with E-state index in [1.807, 2.05) is 0 Å². The van der Waals surface area contributed by atoms with Crippen LogP contribution < -0.4 is 10.6 Å². The van der Waals surface area contributed by atoms with Crippen LogP contribution in [0.15, 0.2) is 29.3 Å². The molecule has 0 bridgehead atoms. The van der Waals surface area contributed by atoms with Crippen LogP contribution in [0.25, 0.3) is 0 Å². The standard InChI is InChI=1S/C18H28N4O4.HI/c1-25-11-4-10-19-18(21-14-17-5-2-3-12-26-17)20-13-15-6-8-16(9-7-15)22(23)24;/h6-9,17H,2-5,10-14H2,1H3,(H2,19,20,21);1H. The Morgan fingerprint density at radius 3 is 2.74 bits per heavy atom. The van der Waals surface area contributed by atoms with E-state index in [2.05, 4.69) is 15.6 Å². The van der Waals surface area contributed by atoms with Crippen LogP contribution >= 0.6 is 24.0 Å². The van der Waals surface area contributed by atoms with Gasteiger partial charge in [-0.2, -0.15) is 0 Å². The van der Waals surface area contributed by atoms with Crippen LogP contribution in [-0.2, 0) is 16.0 Å². The highest BCUT2D eigenvalue weighted by atomic mass is 127. The number of ether oxygens (including phenoxy) is 2. The molecule has 1 aliphatic heterocycles. The maximum Gasteiger partial charge on any atom is 0.269 e. The quantitative estimate of drug-likeness (QED) is 0.137. The summed E-state index contributed by atoms with van der Waals surface area (Å²) in [7, 11) is 1.68. The van der Waals surface area contributed by atoms with Gasteiger partial charge in [0, 0.05) is 45.5 Å². The highest BCUT2D eigenvalue weighted by Gasteiger charge is 2.14. The molecule has 0 amide bonds. The van der Waals surface area contributed by atoms with Gasteiger partial charge >= 0.3 is 0 Å². The number of nitro benzene ring substituents is 1. The predicted molar refractivity (Wildman–Crippen MR) is 116 cm³/mol. The van der Waals surface area contributed by atoms with Crippen molar-refractivity contribution in [2.24, 2.45) is 4.99 Å². The number of non-ortho nitro benzene ring substituents is 1. The summed E-state index contributed by atoms with van der Waals surface area (Å²) in [5, 5.41) is 17.3. The van der Waals surface area contributed by atoms with Gasteiger partial charge in [0.15, 0.2) is 5.96 Å². The van der Waals surface area contributed by atoms with E-state index in [4.69, 9.17) is 9.47 Å². The number of nitrogens with zero attached hydrogens (tertiary/aromatic N) is 2. The molecule has 8 nitrogen and oxygen atoms in total. The molecular weight excluding hydrogens is 463 g/mol. The SMILES string of the molecule is COCCCNC(=NCc1ccc([N+](=O)[O-])cc1)NCC1CCCCO1.I. The number of guanidine groups is 1. The first-order valence-corrected chi connectivity index (χ1v) is 9.05. The second-order valence-electron chi connectivity index (χ2n) is 6.23. The Balaban J connectivity index is 0.00000364. The molecule has 1 saturated heterocycles. The summed E-state index contributed by atoms with van der Waals surface area (Å²) in [4.78, 5) is 14.9. The van der Waals surface area contributed by atoms with Crippen molar-refractivity contribution < 1.29 is 14.4 Å². The van der Waals surface area contributed by atoms with Gasteiger partial charge in [-0.3, -0.25) is 10.1 Å². The highest BCUT2D eigenvalue weighted by Crippen LogP contribution is 2.13. The molecule has 1 unspecified atom stereocenters. The fourth-order valence-electron chi connectivity index (χ4n) is 2.67. The first-order chi connectivity index (χ1) is 12.7. The summed E-state index contributed by atoms with van der Waals surface area (Å²) >= 11 is 0. The molecule has 1 aromatic rings. The van der Waals surface area contributed by atoms with Gasteiger partial charge in [0.2, 0.25) is 0 Å². The minimum atomic E-state index is -0.401. The van der Waals surface area contributed by atoms with E-state index in [0.717, 1.165) is 44.5 Å². The third kappa shape index (κ3) is 9.34. The third-order valence-corrected chi connectivity index (χ3v) is 4.16. The van der Waals surface area contributed by atoms with Crippen LogP contribution in [0.4, 0.5) is 5.69 Å². The molecule has 1 atom stereocenters. The van der Waals surface area contributed by atoms with Gasteiger partial charge in [0.25, 0.3) is 5.69 Å². The van der Waals surface area contributed by atoms with Crippen molar-refractivity contribution in [1.29, 1.82) is 0 Å². The van der Waals surface area contributed by atoms with Crippen LogP contribution in [0.3, 0.4) is 0 Å².